The van der Waals surface area contributed by atoms with Crippen molar-refractivity contribution in [1.29, 1.82) is 0 Å². The van der Waals surface area contributed by atoms with E-state index in [2.05, 4.69) is 4.90 Å². The van der Waals surface area contributed by atoms with E-state index in [1.807, 2.05) is 17.0 Å². The van der Waals surface area contributed by atoms with E-state index in [-0.39, 0.29) is 70.2 Å². The van der Waals surface area contributed by atoms with Crippen LogP contribution in [0.2, 0.25) is 0 Å². The fourth-order valence-electron chi connectivity index (χ4n) is 8.99. The van der Waals surface area contributed by atoms with Crippen LogP contribution in [0.5, 0.6) is 5.75 Å². The molecule has 9 nitrogen and oxygen atoms in total. The lowest BCUT2D eigenvalue weighted by molar-refractivity contribution is -0.149. The highest BCUT2D eigenvalue weighted by atomic mass is 19.4. The molecule has 0 bridgehead atoms. The lowest BCUT2D eigenvalue weighted by Crippen LogP contribution is -2.50. The fourth-order valence-corrected chi connectivity index (χ4v) is 8.99. The molecule has 4 atom stereocenters. The molecule has 4 aliphatic rings. The number of piperidine rings is 1. The van der Waals surface area contributed by atoms with Crippen molar-refractivity contribution in [2.45, 2.75) is 81.3 Å². The Bertz CT molecular complexity index is 1570. The third-order valence-corrected chi connectivity index (χ3v) is 12.4. The van der Waals surface area contributed by atoms with Gasteiger partial charge in [0.2, 0.25) is 5.67 Å². The Hall–Kier alpha value is -3.42. The Morgan fingerprint density at radius 1 is 0.942 bits per heavy atom. The van der Waals surface area contributed by atoms with Crippen molar-refractivity contribution >= 4 is 17.6 Å². The number of carbonyl (C=O) groups is 2. The Labute approximate surface area is 303 Å². The predicted molar refractivity (Wildman–Crippen MR) is 188 cm³/mol. The molecule has 52 heavy (non-hydrogen) atoms. The fraction of sp³-hybridized carbons (Fsp3) is 0.641. The molecule has 6 rings (SSSR count). The summed E-state index contributed by atoms with van der Waals surface area (Å²) in [4.78, 5) is 32.1. The number of aliphatic carboxylic acids is 1. The highest BCUT2D eigenvalue weighted by Crippen LogP contribution is 2.47. The maximum absolute atomic E-state index is 17.9. The smallest absolute Gasteiger partial charge is 0.416 e. The van der Waals surface area contributed by atoms with Gasteiger partial charge in [-0.05, 0) is 80.8 Å². The van der Waals surface area contributed by atoms with Crippen molar-refractivity contribution in [1.82, 2.24) is 9.80 Å². The van der Waals surface area contributed by atoms with Gasteiger partial charge in [0.25, 0.3) is 5.91 Å². The largest absolute Gasteiger partial charge is 0.497 e. The van der Waals surface area contributed by atoms with Crippen LogP contribution in [0, 0.1) is 11.3 Å². The van der Waals surface area contributed by atoms with Gasteiger partial charge in [-0.2, -0.15) is 13.2 Å². The average molecular weight is 734 g/mol. The summed E-state index contributed by atoms with van der Waals surface area (Å²) in [7, 11) is 4.81. The Balaban J connectivity index is 1.31. The van der Waals surface area contributed by atoms with Crippen LogP contribution in [0.15, 0.2) is 42.5 Å². The Kier molecular flexibility index (Phi) is 11.2. The summed E-state index contributed by atoms with van der Waals surface area (Å²) in [5, 5.41) is 9.78. The standard InChI is InChI=1S/C39H51F4N3O6/c1-37(36(48)49)15-17-44(18-16-37)34-19-27(39(41,42)43)7-14-31(34)32-21-45(20-26(32)23-50-2)35(47)38(40)24-46(28-8-12-30(52-4)13-9-28)22-33(38)25-5-10-29(51-3)11-6-25/h5-7,10-11,14,19,26,28,30,32-33H,8-9,12-13,15-18,20-24H2,1-4H3,(H,48,49)/t26-,28?,30?,32+,33+,38+/m1/s1. The topological polar surface area (TPSA) is 91.8 Å². The molecule has 1 amide bonds. The number of halogens is 4. The number of benzene rings is 2. The summed E-state index contributed by atoms with van der Waals surface area (Å²) in [5.74, 6) is -2.38. The number of nitrogens with zero attached hydrogens (tertiary/aromatic N) is 3. The molecule has 2 aromatic rings. The molecule has 1 aliphatic carbocycles. The zero-order valence-electron chi connectivity index (χ0n) is 30.5. The first-order valence-electron chi connectivity index (χ1n) is 18.3. The number of hydrogen-bond acceptors (Lipinski definition) is 7. The summed E-state index contributed by atoms with van der Waals surface area (Å²) in [6, 6.07) is 11.0. The molecule has 0 radical (unpaired) electrons. The zero-order valence-corrected chi connectivity index (χ0v) is 30.5. The van der Waals surface area contributed by atoms with Crippen LogP contribution in [0.4, 0.5) is 23.2 Å². The van der Waals surface area contributed by atoms with E-state index in [1.165, 1.54) is 13.2 Å². The number of amides is 1. The minimum atomic E-state index is -4.59. The normalized spacial score (nSPS) is 29.7. The van der Waals surface area contributed by atoms with Crippen molar-refractivity contribution in [2.24, 2.45) is 11.3 Å². The first kappa shape index (κ1) is 38.3. The van der Waals surface area contributed by atoms with Crippen molar-refractivity contribution in [2.75, 3.05) is 72.1 Å². The third-order valence-electron chi connectivity index (χ3n) is 12.4. The van der Waals surface area contributed by atoms with E-state index in [0.29, 0.717) is 29.1 Å². The van der Waals surface area contributed by atoms with Crippen molar-refractivity contribution < 1.29 is 46.5 Å². The van der Waals surface area contributed by atoms with Crippen molar-refractivity contribution in [3.8, 4) is 5.75 Å². The van der Waals surface area contributed by atoms with E-state index in [1.54, 1.807) is 38.2 Å². The SMILES string of the molecule is COC[C@H]1CN(C(=O)[C@]2(F)CN(C3CCC(OC)CC3)C[C@H]2c2ccc(OC)cc2)C[C@@H]1c1ccc(C(F)(F)F)cc1N1CCC(C)(C(=O)O)CC1. The second-order valence-corrected chi connectivity index (χ2v) is 15.4. The van der Waals surface area contributed by atoms with E-state index in [9.17, 15) is 27.9 Å². The van der Waals surface area contributed by atoms with Crippen molar-refractivity contribution in [3.05, 3.63) is 59.2 Å². The second-order valence-electron chi connectivity index (χ2n) is 15.4. The molecule has 3 heterocycles. The minimum Gasteiger partial charge on any atom is -0.497 e. The quantitative estimate of drug-likeness (QED) is 0.283. The predicted octanol–water partition coefficient (Wildman–Crippen LogP) is 6.36. The first-order chi connectivity index (χ1) is 24.7. The van der Waals surface area contributed by atoms with Crippen LogP contribution in [0.1, 0.15) is 74.0 Å². The lowest BCUT2D eigenvalue weighted by Gasteiger charge is -2.39. The summed E-state index contributed by atoms with van der Waals surface area (Å²) < 4.78 is 76.5. The number of carbonyl (C=O) groups excluding carboxylic acids is 1. The molecule has 286 valence electrons. The number of methoxy groups -OCH3 is 3. The summed E-state index contributed by atoms with van der Waals surface area (Å²) in [6.45, 7) is 3.05. The van der Waals surface area contributed by atoms with Gasteiger partial charge in [-0.15, -0.1) is 0 Å². The number of carboxylic acid groups (broad SMARTS) is 1. The number of carboxylic acids is 1. The Morgan fingerprint density at radius 2 is 1.62 bits per heavy atom. The maximum atomic E-state index is 17.9. The molecule has 1 saturated carbocycles. The summed E-state index contributed by atoms with van der Waals surface area (Å²) in [5.41, 5.74) is -2.32. The van der Waals surface area contributed by atoms with E-state index >= 15 is 4.39 Å². The molecule has 4 fully saturated rings. The number of alkyl halides is 4. The van der Waals surface area contributed by atoms with Crippen LogP contribution in [0.25, 0.3) is 0 Å². The maximum Gasteiger partial charge on any atom is 0.416 e. The molecular formula is C39H51F4N3O6. The molecular weight excluding hydrogens is 682 g/mol. The molecule has 1 N–H and O–H groups in total. The van der Waals surface area contributed by atoms with Crippen LogP contribution < -0.4 is 9.64 Å². The van der Waals surface area contributed by atoms with Gasteiger partial charge in [-0.3, -0.25) is 14.5 Å². The second kappa shape index (κ2) is 15.1. The Morgan fingerprint density at radius 3 is 2.19 bits per heavy atom. The van der Waals surface area contributed by atoms with Gasteiger partial charge >= 0.3 is 12.1 Å². The number of rotatable bonds is 10. The van der Waals surface area contributed by atoms with Crippen molar-refractivity contribution in [3.63, 3.8) is 0 Å². The van der Waals surface area contributed by atoms with Gasteiger partial charge in [0.05, 0.1) is 30.8 Å². The third kappa shape index (κ3) is 7.50. The first-order valence-corrected chi connectivity index (χ1v) is 18.3. The highest BCUT2D eigenvalue weighted by Gasteiger charge is 2.57. The summed E-state index contributed by atoms with van der Waals surface area (Å²) >= 11 is 0. The van der Waals surface area contributed by atoms with Gasteiger partial charge in [0.15, 0.2) is 0 Å². The highest BCUT2D eigenvalue weighted by molar-refractivity contribution is 5.88. The van der Waals surface area contributed by atoms with Gasteiger partial charge in [0.1, 0.15) is 5.75 Å². The van der Waals surface area contributed by atoms with Crippen LogP contribution in [-0.2, 0) is 25.2 Å². The average Bonchev–Trinajstić information content (AvgIpc) is 3.73. The van der Waals surface area contributed by atoms with Crippen LogP contribution in [-0.4, -0.2) is 112 Å². The lowest BCUT2D eigenvalue weighted by atomic mass is 9.79. The molecule has 3 aliphatic heterocycles. The van der Waals surface area contributed by atoms with E-state index < -0.39 is 46.5 Å². The minimum absolute atomic E-state index is 0.0530. The van der Waals surface area contributed by atoms with Gasteiger partial charge < -0.3 is 29.1 Å². The number of ether oxygens (including phenoxy) is 3. The van der Waals surface area contributed by atoms with Gasteiger partial charge in [-0.1, -0.05) is 18.2 Å². The molecule has 0 unspecified atom stereocenters. The number of anilines is 1. The molecule has 2 aromatic carbocycles. The molecule has 3 saturated heterocycles. The zero-order chi connectivity index (χ0) is 37.4. The van der Waals surface area contributed by atoms with Gasteiger partial charge in [0, 0.05) is 83.0 Å². The van der Waals surface area contributed by atoms with Crippen LogP contribution >= 0.6 is 0 Å². The molecule has 0 aromatic heterocycles. The number of hydrogen-bond donors (Lipinski definition) is 1. The van der Waals surface area contributed by atoms with Crippen LogP contribution in [0.3, 0.4) is 0 Å². The molecule has 0 spiro atoms. The van der Waals surface area contributed by atoms with E-state index in [0.717, 1.165) is 37.8 Å². The summed E-state index contributed by atoms with van der Waals surface area (Å²) in [6.07, 6.45) is -0.438. The van der Waals surface area contributed by atoms with E-state index in [4.69, 9.17) is 14.2 Å². The molecule has 13 heteroatoms. The van der Waals surface area contributed by atoms with Gasteiger partial charge in [-0.25, -0.2) is 4.39 Å². The monoisotopic (exact) mass is 733 g/mol. The number of likely N-dealkylation sites (tertiary alicyclic amines) is 2.